The molecule has 0 amide bonds. The highest BCUT2D eigenvalue weighted by molar-refractivity contribution is 9.10. The van der Waals surface area contributed by atoms with E-state index >= 15 is 0 Å². The summed E-state index contributed by atoms with van der Waals surface area (Å²) in [5.74, 6) is 0.509. The third-order valence-corrected chi connectivity index (χ3v) is 5.23. The topological polar surface area (TPSA) is 84.2 Å². The van der Waals surface area contributed by atoms with Gasteiger partial charge in [0.1, 0.15) is 6.33 Å². The standard InChI is InChI=1S/C19H16BrN5O2/c20-15-7-3-4-8-16(15)23-18-17(25(26)27)19(22-12-21-18)24-10-9-13-5-1-2-6-14(13)11-24/h1-8,12H,9-11H2,(H,21,22,23). The zero-order valence-corrected chi connectivity index (χ0v) is 15.9. The second kappa shape index (κ2) is 7.32. The van der Waals surface area contributed by atoms with Crippen LogP contribution in [0.3, 0.4) is 0 Å². The van der Waals surface area contributed by atoms with Gasteiger partial charge in [0.2, 0.25) is 11.6 Å². The number of hydrogen-bond donors (Lipinski definition) is 1. The molecule has 0 atom stereocenters. The SMILES string of the molecule is O=[N+]([O-])c1c(Nc2ccccc2Br)ncnc1N1CCc2ccccc2C1. The number of nitrogens with one attached hydrogen (secondary N) is 1. The Balaban J connectivity index is 1.72. The molecule has 1 aliphatic rings. The summed E-state index contributed by atoms with van der Waals surface area (Å²) in [4.78, 5) is 21.7. The first kappa shape index (κ1) is 17.4. The van der Waals surface area contributed by atoms with Crippen molar-refractivity contribution in [2.45, 2.75) is 13.0 Å². The van der Waals surface area contributed by atoms with Crippen LogP contribution >= 0.6 is 15.9 Å². The summed E-state index contributed by atoms with van der Waals surface area (Å²) in [6, 6.07) is 15.6. The van der Waals surface area contributed by atoms with Gasteiger partial charge in [-0.2, -0.15) is 0 Å². The number of para-hydroxylation sites is 1. The van der Waals surface area contributed by atoms with Crippen LogP contribution in [0.4, 0.5) is 23.0 Å². The lowest BCUT2D eigenvalue weighted by Gasteiger charge is -2.29. The molecule has 0 bridgehead atoms. The zero-order valence-electron chi connectivity index (χ0n) is 14.3. The van der Waals surface area contributed by atoms with Crippen LogP contribution in [0.1, 0.15) is 11.1 Å². The van der Waals surface area contributed by atoms with E-state index in [1.165, 1.54) is 11.9 Å². The Bertz CT molecular complexity index is 1010. The molecule has 0 unspecified atom stereocenters. The van der Waals surface area contributed by atoms with E-state index in [9.17, 15) is 10.1 Å². The molecular weight excluding hydrogens is 410 g/mol. The van der Waals surface area contributed by atoms with Crippen molar-refractivity contribution >= 4 is 38.9 Å². The fraction of sp³-hybridized carbons (Fsp3) is 0.158. The molecule has 0 aliphatic carbocycles. The first-order valence-electron chi connectivity index (χ1n) is 8.46. The van der Waals surface area contributed by atoms with Crippen molar-refractivity contribution in [2.24, 2.45) is 0 Å². The van der Waals surface area contributed by atoms with Crippen molar-refractivity contribution < 1.29 is 4.92 Å². The number of nitrogens with zero attached hydrogens (tertiary/aromatic N) is 4. The van der Waals surface area contributed by atoms with Crippen molar-refractivity contribution in [1.82, 2.24) is 9.97 Å². The molecule has 0 saturated carbocycles. The second-order valence-electron chi connectivity index (χ2n) is 6.20. The number of fused-ring (bicyclic) bond motifs is 1. The van der Waals surface area contributed by atoms with E-state index in [1.807, 2.05) is 41.3 Å². The van der Waals surface area contributed by atoms with Gasteiger partial charge in [-0.1, -0.05) is 36.4 Å². The van der Waals surface area contributed by atoms with Gasteiger partial charge in [0, 0.05) is 17.6 Å². The summed E-state index contributed by atoms with van der Waals surface area (Å²) < 4.78 is 0.798. The number of anilines is 3. The number of nitro groups is 1. The summed E-state index contributed by atoms with van der Waals surface area (Å²) >= 11 is 3.44. The minimum atomic E-state index is -0.422. The van der Waals surface area contributed by atoms with Crippen LogP contribution < -0.4 is 10.2 Å². The fourth-order valence-electron chi connectivity index (χ4n) is 3.23. The van der Waals surface area contributed by atoms with Crippen molar-refractivity contribution in [1.29, 1.82) is 0 Å². The van der Waals surface area contributed by atoms with Crippen LogP contribution in [-0.2, 0) is 13.0 Å². The van der Waals surface area contributed by atoms with Crippen LogP contribution in [0.5, 0.6) is 0 Å². The lowest BCUT2D eigenvalue weighted by Crippen LogP contribution is -2.31. The molecule has 8 heteroatoms. The van der Waals surface area contributed by atoms with Gasteiger partial charge >= 0.3 is 5.69 Å². The number of aromatic nitrogens is 2. The molecule has 1 aliphatic heterocycles. The minimum absolute atomic E-state index is 0.118. The number of rotatable bonds is 4. The van der Waals surface area contributed by atoms with Crippen LogP contribution in [0, 0.1) is 10.1 Å². The van der Waals surface area contributed by atoms with Crippen molar-refractivity contribution in [2.75, 3.05) is 16.8 Å². The predicted octanol–water partition coefficient (Wildman–Crippen LogP) is 4.45. The van der Waals surface area contributed by atoms with Crippen LogP contribution in [0.2, 0.25) is 0 Å². The highest BCUT2D eigenvalue weighted by atomic mass is 79.9. The maximum atomic E-state index is 11.9. The van der Waals surface area contributed by atoms with Crippen molar-refractivity contribution in [3.05, 3.63) is 80.6 Å². The quantitative estimate of drug-likeness (QED) is 0.490. The summed E-state index contributed by atoms with van der Waals surface area (Å²) in [6.45, 7) is 1.26. The molecule has 2 heterocycles. The summed E-state index contributed by atoms with van der Waals surface area (Å²) in [6.07, 6.45) is 2.19. The third-order valence-electron chi connectivity index (χ3n) is 4.54. The van der Waals surface area contributed by atoms with Crippen molar-refractivity contribution in [3.63, 3.8) is 0 Å². The summed E-state index contributed by atoms with van der Waals surface area (Å²) in [5.41, 5.74) is 3.02. The van der Waals surface area contributed by atoms with E-state index in [1.54, 1.807) is 0 Å². The number of hydrogen-bond acceptors (Lipinski definition) is 6. The smallest absolute Gasteiger partial charge is 0.346 e. The number of benzene rings is 2. The third kappa shape index (κ3) is 3.48. The Morgan fingerprint density at radius 3 is 2.59 bits per heavy atom. The second-order valence-corrected chi connectivity index (χ2v) is 7.05. The molecule has 136 valence electrons. The first-order chi connectivity index (χ1) is 13.1. The molecule has 0 saturated heterocycles. The monoisotopic (exact) mass is 425 g/mol. The van der Waals surface area contributed by atoms with Crippen LogP contribution in [-0.4, -0.2) is 21.4 Å². The highest BCUT2D eigenvalue weighted by Gasteiger charge is 2.29. The molecular formula is C19H16BrN5O2. The van der Waals surface area contributed by atoms with Gasteiger partial charge in [-0.3, -0.25) is 10.1 Å². The van der Waals surface area contributed by atoms with E-state index in [2.05, 4.69) is 43.3 Å². The lowest BCUT2D eigenvalue weighted by molar-refractivity contribution is -0.383. The molecule has 7 nitrogen and oxygen atoms in total. The van der Waals surface area contributed by atoms with Gasteiger partial charge in [-0.15, -0.1) is 0 Å². The molecule has 1 N–H and O–H groups in total. The average molecular weight is 426 g/mol. The molecule has 3 aromatic rings. The van der Waals surface area contributed by atoms with Gasteiger partial charge in [-0.25, -0.2) is 9.97 Å². The Hall–Kier alpha value is -3.00. The fourth-order valence-corrected chi connectivity index (χ4v) is 3.61. The van der Waals surface area contributed by atoms with Crippen LogP contribution in [0.15, 0.2) is 59.3 Å². The molecule has 0 spiro atoms. The molecule has 1 aromatic heterocycles. The van der Waals surface area contributed by atoms with Gasteiger partial charge in [-0.05, 0) is 45.6 Å². The van der Waals surface area contributed by atoms with E-state index in [0.717, 1.165) is 16.5 Å². The van der Waals surface area contributed by atoms with E-state index in [-0.39, 0.29) is 11.5 Å². The van der Waals surface area contributed by atoms with Gasteiger partial charge in [0.05, 0.1) is 10.6 Å². The molecule has 0 fully saturated rings. The van der Waals surface area contributed by atoms with E-state index < -0.39 is 4.92 Å². The largest absolute Gasteiger partial charge is 0.353 e. The first-order valence-corrected chi connectivity index (χ1v) is 9.25. The Labute approximate surface area is 164 Å². The highest BCUT2D eigenvalue weighted by Crippen LogP contribution is 2.36. The average Bonchev–Trinajstić information content (AvgIpc) is 2.69. The maximum absolute atomic E-state index is 11.9. The lowest BCUT2D eigenvalue weighted by atomic mass is 10.00. The Kier molecular flexibility index (Phi) is 4.72. The normalized spacial score (nSPS) is 13.1. The van der Waals surface area contributed by atoms with Gasteiger partial charge in [0.15, 0.2) is 0 Å². The summed E-state index contributed by atoms with van der Waals surface area (Å²) in [7, 11) is 0. The van der Waals surface area contributed by atoms with E-state index in [4.69, 9.17) is 0 Å². The molecule has 0 radical (unpaired) electrons. The number of halogens is 1. The van der Waals surface area contributed by atoms with Crippen LogP contribution in [0.25, 0.3) is 0 Å². The zero-order chi connectivity index (χ0) is 18.8. The Morgan fingerprint density at radius 2 is 1.81 bits per heavy atom. The molecule has 2 aromatic carbocycles. The molecule has 4 rings (SSSR count). The maximum Gasteiger partial charge on any atom is 0.353 e. The predicted molar refractivity (Wildman–Crippen MR) is 107 cm³/mol. The minimum Gasteiger partial charge on any atom is -0.346 e. The van der Waals surface area contributed by atoms with Gasteiger partial charge < -0.3 is 10.2 Å². The van der Waals surface area contributed by atoms with Crippen molar-refractivity contribution in [3.8, 4) is 0 Å². The van der Waals surface area contributed by atoms with E-state index in [0.29, 0.717) is 24.6 Å². The summed E-state index contributed by atoms with van der Waals surface area (Å²) in [5, 5.41) is 14.9. The molecule has 27 heavy (non-hydrogen) atoms. The Morgan fingerprint density at radius 1 is 1.07 bits per heavy atom. The van der Waals surface area contributed by atoms with Gasteiger partial charge in [0.25, 0.3) is 0 Å².